The molecule has 0 amide bonds. The van der Waals surface area contributed by atoms with Crippen molar-refractivity contribution in [3.8, 4) is 0 Å². The standard InChI is InChI=1S/C13H11BrN2O2/c14-12-10(5-3-6-11(12)15)13(17)18-8-9-4-1-2-7-16-9/h1-7H,8,15H2. The van der Waals surface area contributed by atoms with Crippen molar-refractivity contribution in [2.75, 3.05) is 5.73 Å². The van der Waals surface area contributed by atoms with Crippen molar-refractivity contribution in [2.45, 2.75) is 6.61 Å². The molecule has 0 bridgehead atoms. The molecule has 0 radical (unpaired) electrons. The Morgan fingerprint density at radius 2 is 2.11 bits per heavy atom. The van der Waals surface area contributed by atoms with Gasteiger partial charge in [-0.15, -0.1) is 0 Å². The number of rotatable bonds is 3. The van der Waals surface area contributed by atoms with E-state index in [1.54, 1.807) is 36.5 Å². The van der Waals surface area contributed by atoms with Crippen molar-refractivity contribution in [1.82, 2.24) is 4.98 Å². The van der Waals surface area contributed by atoms with Gasteiger partial charge in [0.05, 0.1) is 15.7 Å². The molecule has 0 saturated heterocycles. The van der Waals surface area contributed by atoms with Crippen LogP contribution in [0.4, 0.5) is 5.69 Å². The molecule has 0 aliphatic carbocycles. The summed E-state index contributed by atoms with van der Waals surface area (Å²) in [5, 5.41) is 0. The van der Waals surface area contributed by atoms with Crippen molar-refractivity contribution in [2.24, 2.45) is 0 Å². The van der Waals surface area contributed by atoms with Gasteiger partial charge in [-0.25, -0.2) is 4.79 Å². The first-order valence-electron chi connectivity index (χ1n) is 5.29. The third-order valence-corrected chi connectivity index (χ3v) is 3.21. The summed E-state index contributed by atoms with van der Waals surface area (Å²) < 4.78 is 5.71. The van der Waals surface area contributed by atoms with Gasteiger partial charge in [0.1, 0.15) is 6.61 Å². The zero-order valence-electron chi connectivity index (χ0n) is 9.47. The van der Waals surface area contributed by atoms with Gasteiger partial charge in [0.25, 0.3) is 0 Å². The summed E-state index contributed by atoms with van der Waals surface area (Å²) in [5.74, 6) is -0.431. The highest BCUT2D eigenvalue weighted by atomic mass is 79.9. The minimum Gasteiger partial charge on any atom is -0.456 e. The van der Waals surface area contributed by atoms with E-state index in [-0.39, 0.29) is 6.61 Å². The van der Waals surface area contributed by atoms with Gasteiger partial charge < -0.3 is 10.5 Å². The van der Waals surface area contributed by atoms with Gasteiger partial charge in [-0.1, -0.05) is 12.1 Å². The van der Waals surface area contributed by atoms with Crippen LogP contribution in [-0.2, 0) is 11.3 Å². The van der Waals surface area contributed by atoms with Crippen LogP contribution in [0.5, 0.6) is 0 Å². The molecule has 2 rings (SSSR count). The summed E-state index contributed by atoms with van der Waals surface area (Å²) >= 11 is 3.27. The van der Waals surface area contributed by atoms with E-state index in [0.717, 1.165) is 0 Å². The normalized spacial score (nSPS) is 10.1. The van der Waals surface area contributed by atoms with E-state index in [2.05, 4.69) is 20.9 Å². The molecule has 2 N–H and O–H groups in total. The van der Waals surface area contributed by atoms with Crippen LogP contribution < -0.4 is 5.73 Å². The molecule has 2 aromatic rings. The van der Waals surface area contributed by atoms with Crippen LogP contribution in [0.25, 0.3) is 0 Å². The largest absolute Gasteiger partial charge is 0.456 e. The third kappa shape index (κ3) is 2.87. The average Bonchev–Trinajstić information content (AvgIpc) is 2.40. The fourth-order valence-electron chi connectivity index (χ4n) is 1.41. The Labute approximate surface area is 113 Å². The van der Waals surface area contributed by atoms with E-state index in [1.165, 1.54) is 0 Å². The molecule has 0 spiro atoms. The second-order valence-corrected chi connectivity index (χ2v) is 4.40. The predicted octanol–water partition coefficient (Wildman–Crippen LogP) is 2.78. The van der Waals surface area contributed by atoms with Crippen LogP contribution in [0.1, 0.15) is 16.1 Å². The van der Waals surface area contributed by atoms with E-state index >= 15 is 0 Å². The predicted molar refractivity (Wildman–Crippen MR) is 71.9 cm³/mol. The number of benzene rings is 1. The lowest BCUT2D eigenvalue weighted by atomic mass is 10.2. The highest BCUT2D eigenvalue weighted by Gasteiger charge is 2.13. The number of esters is 1. The number of halogens is 1. The maximum absolute atomic E-state index is 11.9. The van der Waals surface area contributed by atoms with Gasteiger partial charge in [0, 0.05) is 11.9 Å². The van der Waals surface area contributed by atoms with Crippen molar-refractivity contribution in [1.29, 1.82) is 0 Å². The molecule has 1 heterocycles. The summed E-state index contributed by atoms with van der Waals surface area (Å²) in [7, 11) is 0. The first kappa shape index (κ1) is 12.6. The Kier molecular flexibility index (Phi) is 3.94. The van der Waals surface area contributed by atoms with E-state index < -0.39 is 5.97 Å². The average molecular weight is 307 g/mol. The lowest BCUT2D eigenvalue weighted by Crippen LogP contribution is -2.07. The molecule has 0 fully saturated rings. The summed E-state index contributed by atoms with van der Waals surface area (Å²) in [6, 6.07) is 10.5. The number of nitrogen functional groups attached to an aromatic ring is 1. The molecule has 4 nitrogen and oxygen atoms in total. The summed E-state index contributed by atoms with van der Waals surface area (Å²) in [6.45, 7) is 0.140. The fraction of sp³-hybridized carbons (Fsp3) is 0.0769. The second-order valence-electron chi connectivity index (χ2n) is 3.61. The number of hydrogen-bond acceptors (Lipinski definition) is 4. The molecule has 92 valence electrons. The molecule has 0 atom stereocenters. The van der Waals surface area contributed by atoms with Crippen molar-refractivity contribution in [3.05, 3.63) is 58.3 Å². The first-order chi connectivity index (χ1) is 8.68. The number of nitrogens with zero attached hydrogens (tertiary/aromatic N) is 1. The Morgan fingerprint density at radius 1 is 1.28 bits per heavy atom. The van der Waals surface area contributed by atoms with Crippen LogP contribution in [-0.4, -0.2) is 11.0 Å². The third-order valence-electron chi connectivity index (χ3n) is 2.33. The van der Waals surface area contributed by atoms with E-state index in [0.29, 0.717) is 21.4 Å². The minimum absolute atomic E-state index is 0.140. The number of carbonyl (C=O) groups is 1. The number of anilines is 1. The Balaban J connectivity index is 2.07. The molecule has 0 aliphatic heterocycles. The maximum atomic E-state index is 11.9. The molecule has 0 unspecified atom stereocenters. The second kappa shape index (κ2) is 5.64. The number of pyridine rings is 1. The van der Waals surface area contributed by atoms with Crippen LogP contribution in [0.2, 0.25) is 0 Å². The summed E-state index contributed by atoms with van der Waals surface area (Å²) in [4.78, 5) is 15.9. The van der Waals surface area contributed by atoms with Gasteiger partial charge in [0.15, 0.2) is 0 Å². The maximum Gasteiger partial charge on any atom is 0.339 e. The van der Waals surface area contributed by atoms with Crippen molar-refractivity contribution >= 4 is 27.6 Å². The van der Waals surface area contributed by atoms with Crippen LogP contribution in [0.3, 0.4) is 0 Å². The quantitative estimate of drug-likeness (QED) is 0.699. The number of hydrogen-bond donors (Lipinski definition) is 1. The number of ether oxygens (including phenoxy) is 1. The first-order valence-corrected chi connectivity index (χ1v) is 6.09. The monoisotopic (exact) mass is 306 g/mol. The molecule has 18 heavy (non-hydrogen) atoms. The van der Waals surface area contributed by atoms with E-state index in [9.17, 15) is 4.79 Å². The van der Waals surface area contributed by atoms with Crippen molar-refractivity contribution < 1.29 is 9.53 Å². The molecular formula is C13H11BrN2O2. The highest BCUT2D eigenvalue weighted by Crippen LogP contribution is 2.24. The molecule has 0 saturated carbocycles. The number of nitrogens with two attached hydrogens (primary N) is 1. The highest BCUT2D eigenvalue weighted by molar-refractivity contribution is 9.10. The van der Waals surface area contributed by atoms with Gasteiger partial charge in [0.2, 0.25) is 0 Å². The van der Waals surface area contributed by atoms with Crippen LogP contribution in [0, 0.1) is 0 Å². The van der Waals surface area contributed by atoms with E-state index in [1.807, 2.05) is 6.07 Å². The Hall–Kier alpha value is -1.88. The lowest BCUT2D eigenvalue weighted by Gasteiger charge is -2.07. The topological polar surface area (TPSA) is 65.2 Å². The summed E-state index contributed by atoms with van der Waals surface area (Å²) in [6.07, 6.45) is 1.65. The molecule has 1 aromatic carbocycles. The van der Waals surface area contributed by atoms with Crippen LogP contribution >= 0.6 is 15.9 Å². The van der Waals surface area contributed by atoms with Gasteiger partial charge in [-0.05, 0) is 40.2 Å². The summed E-state index contributed by atoms with van der Waals surface area (Å²) in [5.41, 5.74) is 7.31. The van der Waals surface area contributed by atoms with Gasteiger partial charge >= 0.3 is 5.97 Å². The SMILES string of the molecule is Nc1cccc(C(=O)OCc2ccccn2)c1Br. The molecule has 1 aromatic heterocycles. The minimum atomic E-state index is -0.431. The van der Waals surface area contributed by atoms with E-state index in [4.69, 9.17) is 10.5 Å². The van der Waals surface area contributed by atoms with Crippen LogP contribution in [0.15, 0.2) is 47.1 Å². The Morgan fingerprint density at radius 3 is 2.83 bits per heavy atom. The fourth-order valence-corrected chi connectivity index (χ4v) is 1.83. The molecular weight excluding hydrogens is 296 g/mol. The number of aromatic nitrogens is 1. The molecule has 5 heteroatoms. The van der Waals surface area contributed by atoms with Gasteiger partial charge in [-0.2, -0.15) is 0 Å². The smallest absolute Gasteiger partial charge is 0.339 e. The molecule has 0 aliphatic rings. The van der Waals surface area contributed by atoms with Gasteiger partial charge in [-0.3, -0.25) is 4.98 Å². The van der Waals surface area contributed by atoms with Crippen molar-refractivity contribution in [3.63, 3.8) is 0 Å². The number of carbonyl (C=O) groups excluding carboxylic acids is 1. The Bertz CT molecular complexity index is 558. The zero-order chi connectivity index (χ0) is 13.0. The zero-order valence-corrected chi connectivity index (χ0v) is 11.1. The lowest BCUT2D eigenvalue weighted by molar-refractivity contribution is 0.0466.